The summed E-state index contributed by atoms with van der Waals surface area (Å²) in [5.74, 6) is -0.736. The van der Waals surface area contributed by atoms with Gasteiger partial charge in [0.25, 0.3) is 0 Å². The SMILES string of the molecule is CC(O)=c1c(O)cc(=CO)cc1O. The average molecular weight is 182 g/mol. The van der Waals surface area contributed by atoms with Gasteiger partial charge < -0.3 is 20.4 Å². The van der Waals surface area contributed by atoms with Crippen LogP contribution >= 0.6 is 0 Å². The standard InChI is InChI=1S/C9H10O4/c1-5(11)9-7(12)2-6(4-10)3-8(9)13/h2-4,10-13H,1H3. The lowest BCUT2D eigenvalue weighted by molar-refractivity contribution is 0.428. The molecule has 0 heterocycles. The molecule has 0 bridgehead atoms. The van der Waals surface area contributed by atoms with Gasteiger partial charge in [-0.25, -0.2) is 0 Å². The molecule has 0 spiro atoms. The zero-order valence-electron chi connectivity index (χ0n) is 7.02. The topological polar surface area (TPSA) is 80.9 Å². The highest BCUT2D eigenvalue weighted by Crippen LogP contribution is 2.06. The Balaban J connectivity index is 3.71. The molecule has 70 valence electrons. The zero-order valence-corrected chi connectivity index (χ0v) is 7.02. The van der Waals surface area contributed by atoms with E-state index in [0.29, 0.717) is 0 Å². The van der Waals surface area contributed by atoms with Crippen molar-refractivity contribution in [2.45, 2.75) is 6.92 Å². The third-order valence-corrected chi connectivity index (χ3v) is 1.63. The molecule has 1 aromatic rings. The maximum atomic E-state index is 9.30. The van der Waals surface area contributed by atoms with Crippen molar-refractivity contribution in [1.29, 1.82) is 0 Å². The Kier molecular flexibility index (Phi) is 2.32. The molecule has 0 aliphatic heterocycles. The van der Waals surface area contributed by atoms with E-state index in [1.807, 2.05) is 0 Å². The van der Waals surface area contributed by atoms with Crippen molar-refractivity contribution in [3.63, 3.8) is 0 Å². The molecule has 0 aromatic heterocycles. The minimum absolute atomic E-state index is 0.0226. The molecule has 1 rings (SSSR count). The maximum absolute atomic E-state index is 9.30. The summed E-state index contributed by atoms with van der Waals surface area (Å²) >= 11 is 0. The molecule has 4 heteroatoms. The van der Waals surface area contributed by atoms with Gasteiger partial charge in [0, 0.05) is 5.22 Å². The Labute approximate surface area is 74.3 Å². The number of aliphatic hydroxyl groups excluding tert-OH is 2. The molecule has 0 saturated heterocycles. The summed E-state index contributed by atoms with van der Waals surface area (Å²) in [4.78, 5) is 0. The number of rotatable bonds is 0. The van der Waals surface area contributed by atoms with Crippen molar-refractivity contribution in [2.75, 3.05) is 0 Å². The zero-order chi connectivity index (χ0) is 10.0. The highest BCUT2D eigenvalue weighted by molar-refractivity contribution is 5.46. The molecule has 4 N–H and O–H groups in total. The summed E-state index contributed by atoms with van der Waals surface area (Å²) in [6.45, 7) is 1.34. The molecule has 0 aliphatic rings. The Morgan fingerprint density at radius 1 is 1.23 bits per heavy atom. The first-order valence-corrected chi connectivity index (χ1v) is 3.62. The number of benzene rings is 1. The summed E-state index contributed by atoms with van der Waals surface area (Å²) in [6, 6.07) is 2.46. The fourth-order valence-corrected chi connectivity index (χ4v) is 1.08. The van der Waals surface area contributed by atoms with E-state index in [9.17, 15) is 10.2 Å². The van der Waals surface area contributed by atoms with Crippen LogP contribution in [0.2, 0.25) is 0 Å². The minimum Gasteiger partial charge on any atom is -0.515 e. The molecule has 0 aliphatic carbocycles. The summed E-state index contributed by atoms with van der Waals surface area (Å²) < 4.78 is 0. The number of phenols is 2. The molecule has 0 amide bonds. The van der Waals surface area contributed by atoms with Crippen molar-refractivity contribution in [2.24, 2.45) is 0 Å². The lowest BCUT2D eigenvalue weighted by Gasteiger charge is -1.99. The molecule has 0 saturated carbocycles. The lowest BCUT2D eigenvalue weighted by Crippen LogP contribution is -2.11. The molecular weight excluding hydrogens is 172 g/mol. The number of aliphatic hydroxyl groups is 2. The van der Waals surface area contributed by atoms with Gasteiger partial charge in [-0.3, -0.25) is 0 Å². The van der Waals surface area contributed by atoms with Crippen LogP contribution in [0.15, 0.2) is 12.1 Å². The highest BCUT2D eigenvalue weighted by Gasteiger charge is 2.02. The van der Waals surface area contributed by atoms with Gasteiger partial charge in [0.05, 0.1) is 11.5 Å². The van der Waals surface area contributed by atoms with Crippen molar-refractivity contribution < 1.29 is 20.4 Å². The monoisotopic (exact) mass is 182 g/mol. The van der Waals surface area contributed by atoms with Gasteiger partial charge in [-0.2, -0.15) is 0 Å². The van der Waals surface area contributed by atoms with Crippen LogP contribution in [0.5, 0.6) is 11.5 Å². The highest BCUT2D eigenvalue weighted by atomic mass is 16.3. The van der Waals surface area contributed by atoms with E-state index in [1.54, 1.807) is 0 Å². The number of hydrogen-bond acceptors (Lipinski definition) is 4. The fraction of sp³-hybridized carbons (Fsp3) is 0.111. The smallest absolute Gasteiger partial charge is 0.130 e. The second-order valence-corrected chi connectivity index (χ2v) is 2.65. The normalized spacial score (nSPS) is 9.62. The van der Waals surface area contributed by atoms with E-state index in [2.05, 4.69) is 0 Å². The van der Waals surface area contributed by atoms with Crippen LogP contribution in [0.1, 0.15) is 6.92 Å². The molecule has 1 aromatic carbocycles. The van der Waals surface area contributed by atoms with Crippen LogP contribution < -0.4 is 10.4 Å². The van der Waals surface area contributed by atoms with Gasteiger partial charge >= 0.3 is 0 Å². The Bertz CT molecular complexity index is 400. The van der Waals surface area contributed by atoms with Crippen molar-refractivity contribution >= 4 is 12.0 Å². The minimum atomic E-state index is -0.277. The van der Waals surface area contributed by atoms with Crippen LogP contribution in [-0.4, -0.2) is 20.4 Å². The van der Waals surface area contributed by atoms with Crippen molar-refractivity contribution in [1.82, 2.24) is 0 Å². The summed E-state index contributed by atoms with van der Waals surface area (Å²) in [7, 11) is 0. The lowest BCUT2D eigenvalue weighted by atomic mass is 10.2. The molecule has 0 fully saturated rings. The van der Waals surface area contributed by atoms with E-state index >= 15 is 0 Å². The Morgan fingerprint density at radius 3 is 2.00 bits per heavy atom. The maximum Gasteiger partial charge on any atom is 0.130 e. The van der Waals surface area contributed by atoms with Crippen LogP contribution in [0, 0.1) is 0 Å². The summed E-state index contributed by atoms with van der Waals surface area (Å²) in [6.07, 6.45) is 0.746. The number of aromatic hydroxyl groups is 2. The first kappa shape index (κ1) is 9.25. The molecular formula is C9H10O4. The quantitative estimate of drug-likeness (QED) is 0.458. The predicted octanol–water partition coefficient (Wildman–Crippen LogP) is 0.0799. The van der Waals surface area contributed by atoms with Gasteiger partial charge in [0.15, 0.2) is 0 Å². The van der Waals surface area contributed by atoms with Crippen molar-refractivity contribution in [3.05, 3.63) is 22.6 Å². The van der Waals surface area contributed by atoms with Crippen LogP contribution in [-0.2, 0) is 0 Å². The van der Waals surface area contributed by atoms with E-state index in [-0.39, 0.29) is 27.7 Å². The fourth-order valence-electron chi connectivity index (χ4n) is 1.08. The third-order valence-electron chi connectivity index (χ3n) is 1.63. The van der Waals surface area contributed by atoms with E-state index in [4.69, 9.17) is 10.2 Å². The molecule has 13 heavy (non-hydrogen) atoms. The van der Waals surface area contributed by atoms with E-state index in [0.717, 1.165) is 6.26 Å². The second kappa shape index (κ2) is 3.26. The van der Waals surface area contributed by atoms with Gasteiger partial charge in [-0.1, -0.05) is 0 Å². The molecule has 0 radical (unpaired) electrons. The molecule has 0 atom stereocenters. The number of phenolic OH excluding ortho intramolecular Hbond substituents is 2. The summed E-state index contributed by atoms with van der Waals surface area (Å²) in [5.41, 5.74) is 0. The Morgan fingerprint density at radius 2 is 1.69 bits per heavy atom. The first-order valence-electron chi connectivity index (χ1n) is 3.62. The van der Waals surface area contributed by atoms with Crippen molar-refractivity contribution in [3.8, 4) is 11.5 Å². The Hall–Kier alpha value is -1.84. The molecule has 0 unspecified atom stereocenters. The predicted molar refractivity (Wildman–Crippen MR) is 47.8 cm³/mol. The first-order chi connectivity index (χ1) is 6.06. The largest absolute Gasteiger partial charge is 0.515 e. The van der Waals surface area contributed by atoms with Crippen LogP contribution in [0.4, 0.5) is 0 Å². The van der Waals surface area contributed by atoms with Gasteiger partial charge in [-0.15, -0.1) is 0 Å². The van der Waals surface area contributed by atoms with Gasteiger partial charge in [0.2, 0.25) is 0 Å². The third kappa shape index (κ3) is 1.66. The molecule has 4 nitrogen and oxygen atoms in total. The second-order valence-electron chi connectivity index (χ2n) is 2.65. The van der Waals surface area contributed by atoms with E-state index in [1.165, 1.54) is 19.1 Å². The van der Waals surface area contributed by atoms with Crippen LogP contribution in [0.3, 0.4) is 0 Å². The van der Waals surface area contributed by atoms with Gasteiger partial charge in [0.1, 0.15) is 17.3 Å². The average Bonchev–Trinajstić information content (AvgIpc) is 2.02. The van der Waals surface area contributed by atoms with Gasteiger partial charge in [-0.05, 0) is 19.1 Å². The number of hydrogen-bond donors (Lipinski definition) is 4. The summed E-state index contributed by atoms with van der Waals surface area (Å²) in [5, 5.41) is 36.5. The van der Waals surface area contributed by atoms with E-state index < -0.39 is 0 Å². The van der Waals surface area contributed by atoms with Crippen LogP contribution in [0.25, 0.3) is 12.0 Å².